The highest BCUT2D eigenvalue weighted by Crippen LogP contribution is 2.34. The minimum absolute atomic E-state index is 0.0289. The Morgan fingerprint density at radius 1 is 1.11 bits per heavy atom. The van der Waals surface area contributed by atoms with Gasteiger partial charge in [0.25, 0.3) is 11.8 Å². The van der Waals surface area contributed by atoms with Gasteiger partial charge in [0.05, 0.1) is 11.8 Å². The monoisotopic (exact) mass is 536 g/mol. The van der Waals surface area contributed by atoms with E-state index in [1.54, 1.807) is 12.1 Å². The second kappa shape index (κ2) is 11.6. The zero-order valence-corrected chi connectivity index (χ0v) is 22.5. The number of anilines is 3. The third-order valence-corrected chi connectivity index (χ3v) is 7.30. The molecule has 1 fully saturated rings. The summed E-state index contributed by atoms with van der Waals surface area (Å²) in [6, 6.07) is 13.6. The van der Waals surface area contributed by atoms with Crippen LogP contribution in [0.3, 0.4) is 0 Å². The van der Waals surface area contributed by atoms with Crippen molar-refractivity contribution in [2.24, 2.45) is 5.73 Å². The van der Waals surface area contributed by atoms with Crippen molar-refractivity contribution < 1.29 is 19.1 Å². The van der Waals surface area contributed by atoms with Gasteiger partial charge in [0.2, 0.25) is 5.91 Å². The Kier molecular flexibility index (Phi) is 8.28. The van der Waals surface area contributed by atoms with Crippen molar-refractivity contribution in [3.63, 3.8) is 0 Å². The number of hydrogen-bond acceptors (Lipinski definition) is 8. The van der Waals surface area contributed by atoms with Crippen LogP contribution < -0.4 is 26.6 Å². The van der Waals surface area contributed by atoms with Crippen molar-refractivity contribution in [2.45, 2.75) is 31.9 Å². The van der Waals surface area contributed by atoms with Crippen molar-refractivity contribution in [1.29, 1.82) is 0 Å². The molecule has 2 aromatic carbocycles. The van der Waals surface area contributed by atoms with Crippen molar-refractivity contribution in [1.82, 2.24) is 9.69 Å². The summed E-state index contributed by atoms with van der Waals surface area (Å²) in [6.07, 6.45) is 1.72. The molecule has 0 saturated carbocycles. The summed E-state index contributed by atoms with van der Waals surface area (Å²) < 4.78 is 9.67. The van der Waals surface area contributed by atoms with Gasteiger partial charge in [-0.25, -0.2) is 0 Å². The van der Waals surface area contributed by atoms with Crippen LogP contribution in [0.15, 0.2) is 48.5 Å². The van der Waals surface area contributed by atoms with E-state index in [4.69, 9.17) is 16.2 Å². The van der Waals surface area contributed by atoms with Crippen LogP contribution in [0.25, 0.3) is 0 Å². The molecule has 3 amide bonds. The summed E-state index contributed by atoms with van der Waals surface area (Å²) in [7, 11) is 3.84. The van der Waals surface area contributed by atoms with Crippen LogP contribution in [-0.4, -0.2) is 55.4 Å². The number of ether oxygens (including phenoxy) is 1. The van der Waals surface area contributed by atoms with Gasteiger partial charge in [0, 0.05) is 38.6 Å². The molecule has 2 unspecified atom stereocenters. The number of carbonyl (C=O) groups excluding carboxylic acids is 3. The fourth-order valence-electron chi connectivity index (χ4n) is 4.32. The van der Waals surface area contributed by atoms with E-state index in [0.29, 0.717) is 24.4 Å². The van der Waals surface area contributed by atoms with Crippen LogP contribution in [0.4, 0.5) is 17.1 Å². The minimum Gasteiger partial charge on any atom is -0.395 e. The summed E-state index contributed by atoms with van der Waals surface area (Å²) in [4.78, 5) is 43.1. The van der Waals surface area contributed by atoms with Crippen LogP contribution in [0.2, 0.25) is 0 Å². The molecule has 2 atom stereocenters. The first-order chi connectivity index (χ1) is 18.2. The molecule has 0 spiro atoms. The zero-order valence-electron chi connectivity index (χ0n) is 21.6. The maximum absolute atomic E-state index is 14.1. The average Bonchev–Trinajstić information content (AvgIpc) is 3.56. The molecular formula is C27H32N6O4S. The third-order valence-electron chi connectivity index (χ3n) is 6.45. The number of benzene rings is 2. The third kappa shape index (κ3) is 5.79. The SMILES string of the molecule is Cc1ccc(N(C(=O)c2snc(C(N)=O)c2N)C(C(=O)NCC2CCCO2)c2ccc(N(C)C)cc2)cc1. The largest absolute Gasteiger partial charge is 0.395 e. The van der Waals surface area contributed by atoms with Gasteiger partial charge in [-0.15, -0.1) is 0 Å². The lowest BCUT2D eigenvalue weighted by Gasteiger charge is -2.32. The number of amides is 3. The number of primary amides is 1. The van der Waals surface area contributed by atoms with Gasteiger partial charge >= 0.3 is 0 Å². The predicted octanol–water partition coefficient (Wildman–Crippen LogP) is 2.88. The summed E-state index contributed by atoms with van der Waals surface area (Å²) >= 11 is 0.778. The van der Waals surface area contributed by atoms with Crippen molar-refractivity contribution in [3.8, 4) is 0 Å². The van der Waals surface area contributed by atoms with E-state index in [-0.39, 0.29) is 28.3 Å². The normalized spacial score (nSPS) is 15.6. The fourth-order valence-corrected chi connectivity index (χ4v) is 5.06. The number of nitrogens with two attached hydrogens (primary N) is 2. The average molecular weight is 537 g/mol. The van der Waals surface area contributed by atoms with Crippen molar-refractivity contribution >= 4 is 46.3 Å². The highest BCUT2D eigenvalue weighted by molar-refractivity contribution is 7.09. The molecule has 4 rings (SSSR count). The number of rotatable bonds is 9. The smallest absolute Gasteiger partial charge is 0.273 e. The zero-order chi connectivity index (χ0) is 27.4. The molecule has 1 saturated heterocycles. The Morgan fingerprint density at radius 2 is 1.76 bits per heavy atom. The number of carbonyl (C=O) groups is 3. The highest BCUT2D eigenvalue weighted by Gasteiger charge is 2.36. The lowest BCUT2D eigenvalue weighted by atomic mass is 10.0. The highest BCUT2D eigenvalue weighted by atomic mass is 32.1. The summed E-state index contributed by atoms with van der Waals surface area (Å²) in [5.74, 6) is -1.76. The molecule has 10 nitrogen and oxygen atoms in total. The van der Waals surface area contributed by atoms with E-state index in [2.05, 4.69) is 9.69 Å². The number of hydrogen-bond donors (Lipinski definition) is 3. The number of nitrogens with zero attached hydrogens (tertiary/aromatic N) is 3. The van der Waals surface area contributed by atoms with Gasteiger partial charge in [-0.1, -0.05) is 29.8 Å². The van der Waals surface area contributed by atoms with Crippen LogP contribution in [-0.2, 0) is 9.53 Å². The molecule has 5 N–H and O–H groups in total. The molecule has 1 aliphatic heterocycles. The molecule has 2 heterocycles. The first-order valence-electron chi connectivity index (χ1n) is 12.3. The van der Waals surface area contributed by atoms with Crippen LogP contribution in [0.1, 0.15) is 50.2 Å². The van der Waals surface area contributed by atoms with Gasteiger partial charge in [0.15, 0.2) is 5.69 Å². The van der Waals surface area contributed by atoms with Gasteiger partial charge in [0.1, 0.15) is 10.9 Å². The van der Waals surface area contributed by atoms with E-state index in [1.165, 1.54) is 4.90 Å². The molecule has 38 heavy (non-hydrogen) atoms. The second-order valence-corrected chi connectivity index (χ2v) is 10.2. The van der Waals surface area contributed by atoms with Crippen LogP contribution >= 0.6 is 11.5 Å². The Morgan fingerprint density at radius 3 is 2.32 bits per heavy atom. The maximum atomic E-state index is 14.1. The molecule has 11 heteroatoms. The summed E-state index contributed by atoms with van der Waals surface area (Å²) in [6.45, 7) is 2.92. The maximum Gasteiger partial charge on any atom is 0.273 e. The summed E-state index contributed by atoms with van der Waals surface area (Å²) in [5.41, 5.74) is 14.3. The quantitative estimate of drug-likeness (QED) is 0.381. The molecule has 0 bridgehead atoms. The number of nitrogens with one attached hydrogen (secondary N) is 1. The van der Waals surface area contributed by atoms with Crippen molar-refractivity contribution in [2.75, 3.05) is 42.8 Å². The van der Waals surface area contributed by atoms with Gasteiger partial charge < -0.3 is 26.4 Å². The standard InChI is InChI=1S/C27H32N6O4S/c1-16-6-10-19(11-7-16)33(27(36)24-21(28)22(25(29)34)31-38-24)23(17-8-12-18(13-9-17)32(2)3)26(35)30-15-20-5-4-14-37-20/h6-13,20,23H,4-5,14-15,28H2,1-3H3,(H2,29,34)(H,30,35). The Balaban J connectivity index is 1.81. The Bertz CT molecular complexity index is 1300. The van der Waals surface area contributed by atoms with Crippen LogP contribution in [0, 0.1) is 6.92 Å². The minimum atomic E-state index is -1.04. The second-order valence-electron chi connectivity index (χ2n) is 9.42. The number of aromatic nitrogens is 1. The van der Waals surface area contributed by atoms with E-state index >= 15 is 0 Å². The molecule has 3 aromatic rings. The molecular weight excluding hydrogens is 504 g/mol. The Labute approximate surface area is 225 Å². The first kappa shape index (κ1) is 27.1. The van der Waals surface area contributed by atoms with E-state index < -0.39 is 17.9 Å². The molecule has 0 aliphatic carbocycles. The number of aryl methyl sites for hydroxylation is 1. The fraction of sp³-hybridized carbons (Fsp3) is 0.333. The van der Waals surface area contributed by atoms with E-state index in [9.17, 15) is 14.4 Å². The molecule has 0 radical (unpaired) electrons. The van der Waals surface area contributed by atoms with E-state index in [1.807, 2.05) is 62.3 Å². The lowest BCUT2D eigenvalue weighted by Crippen LogP contribution is -2.45. The molecule has 1 aliphatic rings. The Hall–Kier alpha value is -3.96. The van der Waals surface area contributed by atoms with Gasteiger partial charge in [-0.05, 0) is 61.1 Å². The lowest BCUT2D eigenvalue weighted by molar-refractivity contribution is -0.123. The van der Waals surface area contributed by atoms with Crippen molar-refractivity contribution in [3.05, 3.63) is 70.2 Å². The predicted molar refractivity (Wildman–Crippen MR) is 149 cm³/mol. The first-order valence-corrected chi connectivity index (χ1v) is 13.1. The number of nitrogen functional groups attached to an aromatic ring is 1. The molecule has 200 valence electrons. The van der Waals surface area contributed by atoms with Crippen LogP contribution in [0.5, 0.6) is 0 Å². The van der Waals surface area contributed by atoms with Gasteiger partial charge in [-0.3, -0.25) is 19.3 Å². The van der Waals surface area contributed by atoms with E-state index in [0.717, 1.165) is 35.6 Å². The topological polar surface area (TPSA) is 144 Å². The summed E-state index contributed by atoms with van der Waals surface area (Å²) in [5, 5.41) is 2.98. The van der Waals surface area contributed by atoms with Gasteiger partial charge in [-0.2, -0.15) is 4.37 Å². The molecule has 1 aromatic heterocycles.